The molecule has 0 radical (unpaired) electrons. The number of aromatic nitrogens is 4. The molecule has 10 rings (SSSR count). The summed E-state index contributed by atoms with van der Waals surface area (Å²) in [7, 11) is 4.06. The molecule has 4 aromatic heterocycles. The van der Waals surface area contributed by atoms with E-state index in [9.17, 15) is 0 Å². The number of nitrogen functional groups attached to an aromatic ring is 1. The fourth-order valence-electron chi connectivity index (χ4n) is 9.05. The zero-order valence-electron chi connectivity index (χ0n) is 42.2. The molecule has 4 aromatic carbocycles. The summed E-state index contributed by atoms with van der Waals surface area (Å²) < 4.78 is 8.38. The summed E-state index contributed by atoms with van der Waals surface area (Å²) in [6, 6.07) is 51.3. The van der Waals surface area contributed by atoms with Gasteiger partial charge in [-0.1, -0.05) is 110 Å². The van der Waals surface area contributed by atoms with Crippen LogP contribution in [0.5, 0.6) is 0 Å². The molecule has 2 fully saturated rings. The van der Waals surface area contributed by atoms with Gasteiger partial charge in [-0.3, -0.25) is 0 Å². The van der Waals surface area contributed by atoms with Crippen LogP contribution in [-0.2, 0) is 31.2 Å². The average Bonchev–Trinajstić information content (AvgIpc) is 4.15. The molecule has 0 atom stereocenters. The number of benzene rings is 4. The standard InChI is InChI=1S/C32H36N3.C23H20N3.C5H10.2CH4.2CH3.2ClH.Fe/c1-34-22-17-29(18-23-34)30-19-24-35(25-20-30)32-15-11-28(12-16-32)27-9-13-31(14-10-27)33-21-5-4-8-26-6-2-3-7-26;1-25-14-10-20(11-15-25)21-12-16-26(17-13-21)23-8-4-19(5-9-23)18-2-6-22(24)7-3-18;1-2-4-5-3-1;;;;;;;/h9-20,22-26H,2-8,21H2,1H3;2-17,24H,1H3;1-5H2;2*1H4;2*1H3;2*1H;/q2*+1;;;;2*-1;;;+2. The Hall–Kier alpha value is -5.82. The molecule has 8 aromatic rings. The van der Waals surface area contributed by atoms with Gasteiger partial charge in [0.05, 0.1) is 0 Å². The van der Waals surface area contributed by atoms with Crippen molar-refractivity contribution in [1.82, 2.24) is 0 Å². The van der Waals surface area contributed by atoms with Crippen LogP contribution in [0.2, 0.25) is 0 Å². The first kappa shape index (κ1) is 65.2. The number of nitrogens with zero attached hydrogens (tertiary/aromatic N) is 4. The summed E-state index contributed by atoms with van der Waals surface area (Å²) in [4.78, 5) is 0. The van der Waals surface area contributed by atoms with Crippen molar-refractivity contribution in [3.05, 3.63) is 210 Å². The average molecular weight is 1060 g/mol. The summed E-state index contributed by atoms with van der Waals surface area (Å²) in [5.41, 5.74) is 19.8. The van der Waals surface area contributed by atoms with Crippen LogP contribution >= 0.6 is 0 Å². The molecular formula is C64H82Cl2FeN6+2. The van der Waals surface area contributed by atoms with Crippen LogP contribution in [0.15, 0.2) is 195 Å². The Morgan fingerprint density at radius 1 is 0.411 bits per heavy atom. The van der Waals surface area contributed by atoms with Gasteiger partial charge in [0.15, 0.2) is 49.6 Å². The molecule has 0 aliphatic heterocycles. The summed E-state index contributed by atoms with van der Waals surface area (Å²) in [5, 5.41) is 3.59. The summed E-state index contributed by atoms with van der Waals surface area (Å²) in [6.07, 6.45) is 34.1. The molecule has 0 unspecified atom stereocenters. The predicted molar refractivity (Wildman–Crippen MR) is 298 cm³/mol. The number of rotatable bonds is 12. The number of halogens is 2. The van der Waals surface area contributed by atoms with Gasteiger partial charge in [-0.15, -0.1) is 0 Å². The molecule has 0 amide bonds. The zero-order chi connectivity index (χ0) is 45.3. The minimum atomic E-state index is 0. The van der Waals surface area contributed by atoms with Crippen molar-refractivity contribution in [3.8, 4) is 55.9 Å². The third-order valence-electron chi connectivity index (χ3n) is 13.2. The number of pyridine rings is 4. The number of anilines is 2. The second kappa shape index (κ2) is 33.8. The van der Waals surface area contributed by atoms with Crippen LogP contribution < -0.4 is 54.1 Å². The van der Waals surface area contributed by atoms with Crippen molar-refractivity contribution < 1.29 is 60.2 Å². The van der Waals surface area contributed by atoms with E-state index in [1.54, 1.807) is 0 Å². The number of nitrogens with two attached hydrogens (primary N) is 1. The van der Waals surface area contributed by atoms with Crippen molar-refractivity contribution in [2.75, 3.05) is 17.6 Å². The fourth-order valence-corrected chi connectivity index (χ4v) is 9.05. The minimum absolute atomic E-state index is 0. The molecule has 0 bridgehead atoms. The fraction of sp³-hybridized carbons (Fsp3) is 0.281. The molecule has 3 N–H and O–H groups in total. The molecule has 0 spiro atoms. The molecule has 6 nitrogen and oxygen atoms in total. The van der Waals surface area contributed by atoms with E-state index in [4.69, 9.17) is 5.73 Å². The van der Waals surface area contributed by atoms with Gasteiger partial charge in [0.25, 0.3) is 0 Å². The van der Waals surface area contributed by atoms with Crippen LogP contribution in [0.4, 0.5) is 11.4 Å². The maximum atomic E-state index is 5.76. The first-order valence-electron chi connectivity index (χ1n) is 24.3. The SMILES string of the molecule is C.C.C1CCCC1.C[n+]1ccc(-c2cc[n+](-c3ccc(-c4ccc(N)cc4)cc3)cc2)cc1.C[n+]1ccc(-c2cc[n+](-c3ccc(-c4ccc(NCCCCC5CCCC5)cc4)cc3)cc2)cc1.[CH3-].[CH3-].[Cl-].[Cl-].[Fe+2]. The number of aryl methyl sites for hydroxylation is 2. The largest absolute Gasteiger partial charge is 2.00 e. The Kier molecular flexibility index (Phi) is 30.2. The van der Waals surface area contributed by atoms with Crippen LogP contribution in [0.25, 0.3) is 55.9 Å². The molecule has 0 saturated heterocycles. The molecule has 2 aliphatic rings. The van der Waals surface area contributed by atoms with E-state index >= 15 is 0 Å². The molecule has 9 heteroatoms. The summed E-state index contributed by atoms with van der Waals surface area (Å²) >= 11 is 0. The Balaban J connectivity index is 0.000000627. The monoisotopic (exact) mass is 1060 g/mol. The Morgan fingerprint density at radius 2 is 0.712 bits per heavy atom. The second-order valence-electron chi connectivity index (χ2n) is 18.1. The maximum absolute atomic E-state index is 5.76. The summed E-state index contributed by atoms with van der Waals surface area (Å²) in [6.45, 7) is 1.07. The number of nitrogens with one attached hydrogen (secondary N) is 1. The van der Waals surface area contributed by atoms with Crippen molar-refractivity contribution >= 4 is 11.4 Å². The van der Waals surface area contributed by atoms with E-state index in [-0.39, 0.29) is 71.6 Å². The first-order chi connectivity index (χ1) is 32.4. The number of hydrogen-bond donors (Lipinski definition) is 2. The molecule has 2 aliphatic carbocycles. The van der Waals surface area contributed by atoms with Gasteiger partial charge in [-0.05, 0) is 105 Å². The van der Waals surface area contributed by atoms with E-state index in [1.807, 2.05) is 42.9 Å². The zero-order valence-corrected chi connectivity index (χ0v) is 44.8. The Bertz CT molecular complexity index is 2570. The van der Waals surface area contributed by atoms with Crippen molar-refractivity contribution in [3.63, 3.8) is 0 Å². The van der Waals surface area contributed by atoms with Crippen LogP contribution in [-0.4, -0.2) is 6.54 Å². The van der Waals surface area contributed by atoms with E-state index < -0.39 is 0 Å². The third kappa shape index (κ3) is 19.5. The maximum Gasteiger partial charge on any atom is 2.00 e. The quantitative estimate of drug-likeness (QED) is 0.0424. The molecule has 73 heavy (non-hydrogen) atoms. The van der Waals surface area contributed by atoms with E-state index in [1.165, 1.54) is 127 Å². The molecule has 388 valence electrons. The van der Waals surface area contributed by atoms with Crippen molar-refractivity contribution in [1.29, 1.82) is 0 Å². The van der Waals surface area contributed by atoms with Gasteiger partial charge in [-0.2, -0.15) is 9.13 Å². The van der Waals surface area contributed by atoms with E-state index in [0.29, 0.717) is 0 Å². The van der Waals surface area contributed by atoms with Crippen LogP contribution in [0.1, 0.15) is 91.9 Å². The van der Waals surface area contributed by atoms with Gasteiger partial charge in [0, 0.05) is 90.7 Å². The van der Waals surface area contributed by atoms with Gasteiger partial charge in [0.2, 0.25) is 11.4 Å². The van der Waals surface area contributed by atoms with Gasteiger partial charge < -0.3 is 50.7 Å². The minimum Gasteiger partial charge on any atom is -1.00 e. The molecule has 4 heterocycles. The third-order valence-corrected chi connectivity index (χ3v) is 13.2. The smallest absolute Gasteiger partial charge is 1.00 e. The van der Waals surface area contributed by atoms with E-state index in [2.05, 4.69) is 190 Å². The predicted octanol–water partition coefficient (Wildman–Crippen LogP) is 8.73. The summed E-state index contributed by atoms with van der Waals surface area (Å²) in [5.74, 6) is 1.01. The first-order valence-corrected chi connectivity index (χ1v) is 24.3. The Morgan fingerprint density at radius 3 is 1.07 bits per heavy atom. The van der Waals surface area contributed by atoms with Crippen LogP contribution in [0, 0.1) is 20.8 Å². The van der Waals surface area contributed by atoms with Crippen LogP contribution in [0.3, 0.4) is 0 Å². The topological polar surface area (TPSA) is 53.6 Å². The van der Waals surface area contributed by atoms with Gasteiger partial charge in [-0.25, -0.2) is 9.13 Å². The van der Waals surface area contributed by atoms with Crippen molar-refractivity contribution in [2.45, 2.75) is 91.9 Å². The van der Waals surface area contributed by atoms with E-state index in [0.717, 1.165) is 29.5 Å². The van der Waals surface area contributed by atoms with Gasteiger partial charge >= 0.3 is 17.1 Å². The normalized spacial score (nSPS) is 12.0. The Labute approximate surface area is 464 Å². The second-order valence-corrected chi connectivity index (χ2v) is 18.1. The number of hydrogen-bond acceptors (Lipinski definition) is 2. The molecular weight excluding hydrogens is 979 g/mol. The van der Waals surface area contributed by atoms with Crippen molar-refractivity contribution in [2.24, 2.45) is 20.0 Å². The van der Waals surface area contributed by atoms with Gasteiger partial charge in [0.1, 0.15) is 14.1 Å². The number of unbranched alkanes of at least 4 members (excludes halogenated alkanes) is 1. The molecule has 2 saturated carbocycles.